The molecule has 0 aliphatic rings. The number of halogens is 1. The van der Waals surface area contributed by atoms with Gasteiger partial charge in [-0.05, 0) is 18.2 Å². The Labute approximate surface area is 109 Å². The molecule has 0 fully saturated rings. The van der Waals surface area contributed by atoms with Gasteiger partial charge in [-0.1, -0.05) is 23.7 Å². The van der Waals surface area contributed by atoms with Gasteiger partial charge in [0.25, 0.3) is 0 Å². The summed E-state index contributed by atoms with van der Waals surface area (Å²) in [7, 11) is 0. The van der Waals surface area contributed by atoms with Crippen LogP contribution < -0.4 is 5.73 Å². The van der Waals surface area contributed by atoms with Crippen LogP contribution in [-0.2, 0) is 9.59 Å². The normalized spacial score (nSPS) is 11.7. The Morgan fingerprint density at radius 2 is 2.11 bits per heavy atom. The molecule has 1 aromatic rings. The third-order valence-corrected chi connectivity index (χ3v) is 2.17. The van der Waals surface area contributed by atoms with Gasteiger partial charge in [0.15, 0.2) is 5.78 Å². The lowest BCUT2D eigenvalue weighted by Gasteiger charge is -2.00. The molecule has 0 radical (unpaired) electrons. The van der Waals surface area contributed by atoms with E-state index in [4.69, 9.17) is 22.4 Å². The zero-order valence-electron chi connectivity index (χ0n) is 9.34. The summed E-state index contributed by atoms with van der Waals surface area (Å²) in [6.07, 6.45) is 1.70. The monoisotopic (exact) mass is 266 g/mol. The Morgan fingerprint density at radius 3 is 2.72 bits per heavy atom. The highest BCUT2D eigenvalue weighted by atomic mass is 35.5. The van der Waals surface area contributed by atoms with Crippen LogP contribution in [0.3, 0.4) is 0 Å². The summed E-state index contributed by atoms with van der Waals surface area (Å²) in [4.78, 5) is 25.3. The highest BCUT2D eigenvalue weighted by Gasteiger charge is 2.01. The van der Waals surface area contributed by atoms with Gasteiger partial charge in [-0.25, -0.2) is 4.79 Å². The van der Waals surface area contributed by atoms with Gasteiger partial charge in [0.2, 0.25) is 0 Å². The predicted molar refractivity (Wildman–Crippen MR) is 68.8 cm³/mol. The smallest absolute Gasteiger partial charge is 0.328 e. The molecule has 0 bridgehead atoms. The third-order valence-electron chi connectivity index (χ3n) is 1.94. The van der Waals surface area contributed by atoms with Crippen LogP contribution in [0.25, 0.3) is 0 Å². The topological polar surface area (TPSA) is 92.8 Å². The van der Waals surface area contributed by atoms with Crippen LogP contribution in [0.2, 0.25) is 5.02 Å². The Hall–Kier alpha value is -2.14. The van der Waals surface area contributed by atoms with Crippen molar-refractivity contribution >= 4 is 29.2 Å². The first-order valence-electron chi connectivity index (χ1n) is 4.98. The molecule has 0 aromatic heterocycles. The largest absolute Gasteiger partial charge is 0.478 e. The third kappa shape index (κ3) is 4.80. The van der Waals surface area contributed by atoms with Crippen molar-refractivity contribution in [2.45, 2.75) is 0 Å². The van der Waals surface area contributed by atoms with Gasteiger partial charge in [-0.15, -0.1) is 0 Å². The number of hydrogen-bond donors (Lipinski definition) is 2. The van der Waals surface area contributed by atoms with Crippen molar-refractivity contribution < 1.29 is 14.7 Å². The average Bonchev–Trinajstić information content (AvgIpc) is 2.33. The fourth-order valence-electron chi connectivity index (χ4n) is 1.12. The maximum Gasteiger partial charge on any atom is 0.328 e. The summed E-state index contributed by atoms with van der Waals surface area (Å²) in [5, 5.41) is 8.85. The molecule has 3 N–H and O–H groups in total. The molecule has 0 unspecified atom stereocenters. The number of nitrogens with zero attached hydrogens (tertiary/aromatic N) is 1. The zero-order valence-corrected chi connectivity index (χ0v) is 10.1. The molecule has 0 aliphatic heterocycles. The van der Waals surface area contributed by atoms with Gasteiger partial charge >= 0.3 is 5.97 Å². The van der Waals surface area contributed by atoms with Crippen molar-refractivity contribution in [3.63, 3.8) is 0 Å². The summed E-state index contributed by atoms with van der Waals surface area (Å²) < 4.78 is 0. The van der Waals surface area contributed by atoms with E-state index in [1.165, 1.54) is 0 Å². The summed E-state index contributed by atoms with van der Waals surface area (Å²) in [6.45, 7) is -0.206. The number of nitrogens with two attached hydrogens (primary N) is 1. The van der Waals surface area contributed by atoms with E-state index in [0.717, 1.165) is 12.2 Å². The number of aliphatic imine (C=N–C) groups is 1. The average molecular weight is 267 g/mol. The minimum absolute atomic E-state index is 0.176. The number of carbonyl (C=O) groups excluding carboxylic acids is 1. The predicted octanol–water partition coefficient (Wildman–Crippen LogP) is 1.26. The molecule has 18 heavy (non-hydrogen) atoms. The molecule has 0 amide bonds. The van der Waals surface area contributed by atoms with Crippen LogP contribution in [0, 0.1) is 0 Å². The molecular formula is C12H11ClN2O3. The van der Waals surface area contributed by atoms with Crippen molar-refractivity contribution in [1.82, 2.24) is 0 Å². The first-order valence-corrected chi connectivity index (χ1v) is 5.36. The number of rotatable bonds is 5. The highest BCUT2D eigenvalue weighted by molar-refractivity contribution is 6.31. The molecule has 0 spiro atoms. The number of carboxylic acids is 1. The summed E-state index contributed by atoms with van der Waals surface area (Å²) in [6, 6.07) is 6.74. The molecule has 0 saturated heterocycles. The van der Waals surface area contributed by atoms with Crippen molar-refractivity contribution in [2.24, 2.45) is 10.7 Å². The van der Waals surface area contributed by atoms with Crippen molar-refractivity contribution in [2.75, 3.05) is 6.54 Å². The van der Waals surface area contributed by atoms with Gasteiger partial charge < -0.3 is 10.8 Å². The molecule has 0 aliphatic carbocycles. The summed E-state index contributed by atoms with van der Waals surface area (Å²) in [5.41, 5.74) is 6.28. The maximum absolute atomic E-state index is 11.2. The Balaban J connectivity index is 2.68. The van der Waals surface area contributed by atoms with E-state index in [9.17, 15) is 9.59 Å². The Bertz CT molecular complexity index is 524. The lowest BCUT2D eigenvalue weighted by molar-refractivity contribution is -0.131. The highest BCUT2D eigenvalue weighted by Crippen LogP contribution is 2.10. The summed E-state index contributed by atoms with van der Waals surface area (Å²) in [5.74, 6) is -1.45. The molecule has 0 heterocycles. The van der Waals surface area contributed by atoms with Crippen LogP contribution in [0.4, 0.5) is 0 Å². The van der Waals surface area contributed by atoms with Crippen LogP contribution >= 0.6 is 11.6 Å². The SMILES string of the molecule is NC(=NCC(=O)/C=C\C(=O)O)c1cccc(Cl)c1. The van der Waals surface area contributed by atoms with E-state index >= 15 is 0 Å². The molecule has 0 saturated carbocycles. The van der Waals surface area contributed by atoms with Gasteiger partial charge in [-0.2, -0.15) is 0 Å². The number of carboxylic acid groups (broad SMARTS) is 1. The molecule has 0 atom stereocenters. The number of aliphatic carboxylic acids is 1. The second kappa shape index (κ2) is 6.56. The first kappa shape index (κ1) is 13.9. The van der Waals surface area contributed by atoms with E-state index in [0.29, 0.717) is 10.6 Å². The van der Waals surface area contributed by atoms with Gasteiger partial charge in [0, 0.05) is 16.7 Å². The lowest BCUT2D eigenvalue weighted by atomic mass is 10.2. The molecule has 1 aromatic carbocycles. The van der Waals surface area contributed by atoms with Gasteiger partial charge in [0.05, 0.1) is 0 Å². The van der Waals surface area contributed by atoms with E-state index in [1.807, 2.05) is 0 Å². The minimum atomic E-state index is -1.19. The van der Waals surface area contributed by atoms with Crippen LogP contribution in [0.15, 0.2) is 41.4 Å². The number of ketones is 1. The molecule has 1 rings (SSSR count). The second-order valence-electron chi connectivity index (χ2n) is 3.35. The van der Waals surface area contributed by atoms with E-state index in [-0.39, 0.29) is 12.4 Å². The number of amidine groups is 1. The van der Waals surface area contributed by atoms with Crippen LogP contribution in [-0.4, -0.2) is 29.2 Å². The van der Waals surface area contributed by atoms with Crippen molar-refractivity contribution in [3.8, 4) is 0 Å². The first-order chi connectivity index (χ1) is 8.49. The molecular weight excluding hydrogens is 256 g/mol. The molecule has 94 valence electrons. The second-order valence-corrected chi connectivity index (χ2v) is 3.79. The lowest BCUT2D eigenvalue weighted by Crippen LogP contribution is -2.15. The number of hydrogen-bond acceptors (Lipinski definition) is 3. The fraction of sp³-hybridized carbons (Fsp3) is 0.0833. The molecule has 6 heteroatoms. The number of benzene rings is 1. The van der Waals surface area contributed by atoms with E-state index in [1.54, 1.807) is 24.3 Å². The number of carbonyl (C=O) groups is 2. The summed E-state index contributed by atoms with van der Waals surface area (Å²) >= 11 is 5.78. The van der Waals surface area contributed by atoms with Crippen LogP contribution in [0.1, 0.15) is 5.56 Å². The Kier molecular flexibility index (Phi) is 5.07. The zero-order chi connectivity index (χ0) is 13.5. The van der Waals surface area contributed by atoms with Gasteiger partial charge in [-0.3, -0.25) is 9.79 Å². The molecule has 5 nitrogen and oxygen atoms in total. The minimum Gasteiger partial charge on any atom is -0.478 e. The van der Waals surface area contributed by atoms with E-state index < -0.39 is 11.8 Å². The Morgan fingerprint density at radius 1 is 1.39 bits per heavy atom. The standard InChI is InChI=1S/C12H11ClN2O3/c13-9-3-1-2-8(6-9)12(14)15-7-10(16)4-5-11(17)18/h1-6H,7H2,(H2,14,15)(H,17,18)/b5-4-. The fourth-order valence-corrected chi connectivity index (χ4v) is 1.31. The van der Waals surface area contributed by atoms with Crippen molar-refractivity contribution in [1.29, 1.82) is 0 Å². The van der Waals surface area contributed by atoms with Crippen molar-refractivity contribution in [3.05, 3.63) is 47.0 Å². The maximum atomic E-state index is 11.2. The van der Waals surface area contributed by atoms with E-state index in [2.05, 4.69) is 4.99 Å². The van der Waals surface area contributed by atoms with Gasteiger partial charge in [0.1, 0.15) is 12.4 Å². The van der Waals surface area contributed by atoms with Crippen LogP contribution in [0.5, 0.6) is 0 Å². The quantitative estimate of drug-likeness (QED) is 0.477.